The molecule has 130 valence electrons. The van der Waals surface area contributed by atoms with Gasteiger partial charge in [-0.2, -0.15) is 4.31 Å². The van der Waals surface area contributed by atoms with Gasteiger partial charge in [-0.3, -0.25) is 0 Å². The fraction of sp³-hybridized carbons (Fsp3) is 0.533. The van der Waals surface area contributed by atoms with Crippen molar-refractivity contribution in [1.29, 1.82) is 0 Å². The van der Waals surface area contributed by atoms with Gasteiger partial charge in [-0.1, -0.05) is 25.4 Å². The quantitative estimate of drug-likeness (QED) is 0.498. The molecule has 0 aliphatic heterocycles. The first-order chi connectivity index (χ1) is 10.9. The minimum absolute atomic E-state index is 0.0161. The average Bonchev–Trinajstić information content (AvgIpc) is 2.52. The summed E-state index contributed by atoms with van der Waals surface area (Å²) in [7, 11) is -3.66. The maximum atomic E-state index is 12.5. The van der Waals surface area contributed by atoms with E-state index in [1.54, 1.807) is 13.8 Å². The second kappa shape index (κ2) is 9.22. The molecule has 6 nitrogen and oxygen atoms in total. The molecule has 0 saturated carbocycles. The van der Waals surface area contributed by atoms with Crippen LogP contribution in [-0.4, -0.2) is 51.6 Å². The second-order valence-corrected chi connectivity index (χ2v) is 6.91. The van der Waals surface area contributed by atoms with Crippen LogP contribution in [0.15, 0.2) is 23.1 Å². The molecule has 8 heteroatoms. The summed E-state index contributed by atoms with van der Waals surface area (Å²) < 4.78 is 36.4. The summed E-state index contributed by atoms with van der Waals surface area (Å²) in [4.78, 5) is 12.1. The Kier molecular flexibility index (Phi) is 7.98. The number of hydrogen-bond acceptors (Lipinski definition) is 5. The van der Waals surface area contributed by atoms with Gasteiger partial charge in [0, 0.05) is 19.7 Å². The van der Waals surface area contributed by atoms with Crippen molar-refractivity contribution in [3.8, 4) is 0 Å². The first kappa shape index (κ1) is 19.9. The maximum absolute atomic E-state index is 12.5. The minimum atomic E-state index is -3.66. The molecular weight excluding hydrogens is 342 g/mol. The summed E-state index contributed by atoms with van der Waals surface area (Å²) in [5.41, 5.74) is 0.0244. The third-order valence-corrected chi connectivity index (χ3v) is 5.54. The molecule has 1 rings (SSSR count). The Morgan fingerprint density at radius 3 is 2.39 bits per heavy atom. The number of benzene rings is 1. The lowest BCUT2D eigenvalue weighted by Crippen LogP contribution is -2.30. The number of esters is 1. The van der Waals surface area contributed by atoms with Crippen molar-refractivity contribution >= 4 is 27.6 Å². The fourth-order valence-corrected chi connectivity index (χ4v) is 3.63. The van der Waals surface area contributed by atoms with E-state index in [4.69, 9.17) is 21.1 Å². The molecule has 0 aliphatic rings. The van der Waals surface area contributed by atoms with E-state index in [1.807, 2.05) is 6.92 Å². The molecule has 0 aliphatic carbocycles. The van der Waals surface area contributed by atoms with Crippen molar-refractivity contribution in [2.24, 2.45) is 0 Å². The molecule has 0 amide bonds. The molecule has 0 aromatic heterocycles. The number of ether oxygens (including phenoxy) is 2. The SMILES string of the molecule is CCOCCOC(=O)c1cc(S(=O)(=O)N(CC)CC)ccc1Cl. The van der Waals surface area contributed by atoms with E-state index in [1.165, 1.54) is 22.5 Å². The summed E-state index contributed by atoms with van der Waals surface area (Å²) in [6, 6.07) is 4.02. The zero-order valence-corrected chi connectivity index (χ0v) is 15.1. The van der Waals surface area contributed by atoms with Crippen LogP contribution in [0, 0.1) is 0 Å². The highest BCUT2D eigenvalue weighted by atomic mass is 35.5. The molecule has 1 aromatic carbocycles. The average molecular weight is 364 g/mol. The molecule has 1 aromatic rings. The van der Waals surface area contributed by atoms with Crippen molar-refractivity contribution in [3.63, 3.8) is 0 Å². The van der Waals surface area contributed by atoms with Gasteiger partial charge in [0.05, 0.1) is 22.1 Å². The van der Waals surface area contributed by atoms with Crippen molar-refractivity contribution in [1.82, 2.24) is 4.31 Å². The first-order valence-electron chi connectivity index (χ1n) is 7.43. The highest BCUT2D eigenvalue weighted by molar-refractivity contribution is 7.89. The Hall–Kier alpha value is -1.15. The largest absolute Gasteiger partial charge is 0.460 e. The van der Waals surface area contributed by atoms with Gasteiger partial charge in [0.1, 0.15) is 6.61 Å². The Morgan fingerprint density at radius 1 is 1.17 bits per heavy atom. The third kappa shape index (κ3) is 5.17. The van der Waals surface area contributed by atoms with Gasteiger partial charge in [0.15, 0.2) is 0 Å². The van der Waals surface area contributed by atoms with E-state index in [9.17, 15) is 13.2 Å². The van der Waals surface area contributed by atoms with Crippen LogP contribution in [0.25, 0.3) is 0 Å². The van der Waals surface area contributed by atoms with Gasteiger partial charge in [-0.05, 0) is 25.1 Å². The van der Waals surface area contributed by atoms with E-state index < -0.39 is 16.0 Å². The first-order valence-corrected chi connectivity index (χ1v) is 9.24. The Balaban J connectivity index is 3.01. The van der Waals surface area contributed by atoms with Crippen LogP contribution in [0.5, 0.6) is 0 Å². The van der Waals surface area contributed by atoms with Crippen LogP contribution < -0.4 is 0 Å². The highest BCUT2D eigenvalue weighted by Crippen LogP contribution is 2.23. The van der Waals surface area contributed by atoms with Gasteiger partial charge in [0.2, 0.25) is 10.0 Å². The lowest BCUT2D eigenvalue weighted by Gasteiger charge is -2.19. The molecule has 0 N–H and O–H groups in total. The molecule has 0 fully saturated rings. The summed E-state index contributed by atoms with van der Waals surface area (Å²) in [5.74, 6) is -0.675. The number of halogens is 1. The predicted octanol–water partition coefficient (Wildman–Crippen LogP) is 2.56. The van der Waals surface area contributed by atoms with Gasteiger partial charge < -0.3 is 9.47 Å². The van der Waals surface area contributed by atoms with Gasteiger partial charge in [0.25, 0.3) is 0 Å². The van der Waals surface area contributed by atoms with E-state index in [2.05, 4.69) is 0 Å². The standard InChI is InChI=1S/C15H22ClNO5S/c1-4-17(5-2)23(19,20)12-7-8-14(16)13(11-12)15(18)22-10-9-21-6-3/h7-8,11H,4-6,9-10H2,1-3H3. The lowest BCUT2D eigenvalue weighted by molar-refractivity contribution is 0.0335. The summed E-state index contributed by atoms with van der Waals surface area (Å²) in [6.07, 6.45) is 0. The second-order valence-electron chi connectivity index (χ2n) is 4.56. The molecule has 0 bridgehead atoms. The highest BCUT2D eigenvalue weighted by Gasteiger charge is 2.24. The van der Waals surface area contributed by atoms with Crippen LogP contribution in [-0.2, 0) is 19.5 Å². The number of nitrogens with zero attached hydrogens (tertiary/aromatic N) is 1. The third-order valence-electron chi connectivity index (χ3n) is 3.17. The molecular formula is C15H22ClNO5S. The van der Waals surface area contributed by atoms with Crippen molar-refractivity contribution in [3.05, 3.63) is 28.8 Å². The maximum Gasteiger partial charge on any atom is 0.339 e. The van der Waals surface area contributed by atoms with Crippen LogP contribution in [0.3, 0.4) is 0 Å². The molecule has 0 unspecified atom stereocenters. The normalized spacial score (nSPS) is 11.7. The Labute approximate surface area is 142 Å². The van der Waals surface area contributed by atoms with Gasteiger partial charge in [-0.15, -0.1) is 0 Å². The molecule has 0 spiro atoms. The zero-order valence-electron chi connectivity index (χ0n) is 13.5. The van der Waals surface area contributed by atoms with E-state index in [-0.39, 0.29) is 28.7 Å². The smallest absolute Gasteiger partial charge is 0.339 e. The van der Waals surface area contributed by atoms with E-state index in [0.29, 0.717) is 19.7 Å². The molecule has 0 atom stereocenters. The van der Waals surface area contributed by atoms with E-state index in [0.717, 1.165) is 0 Å². The zero-order chi connectivity index (χ0) is 17.5. The molecule has 0 saturated heterocycles. The molecule has 0 radical (unpaired) electrons. The fourth-order valence-electron chi connectivity index (χ4n) is 1.95. The molecule has 23 heavy (non-hydrogen) atoms. The van der Waals surface area contributed by atoms with Crippen molar-refractivity contribution in [2.75, 3.05) is 32.9 Å². The number of carbonyl (C=O) groups is 1. The monoisotopic (exact) mass is 363 g/mol. The summed E-state index contributed by atoms with van der Waals surface area (Å²) in [5, 5.41) is 0.143. The van der Waals surface area contributed by atoms with Crippen LogP contribution in [0.1, 0.15) is 31.1 Å². The number of carbonyl (C=O) groups excluding carboxylic acids is 1. The van der Waals surface area contributed by atoms with Crippen molar-refractivity contribution in [2.45, 2.75) is 25.7 Å². The van der Waals surface area contributed by atoms with Crippen LogP contribution in [0.4, 0.5) is 0 Å². The van der Waals surface area contributed by atoms with Gasteiger partial charge >= 0.3 is 5.97 Å². The number of rotatable bonds is 9. The van der Waals surface area contributed by atoms with Crippen molar-refractivity contribution < 1.29 is 22.7 Å². The summed E-state index contributed by atoms with van der Waals surface area (Å²) >= 11 is 5.99. The number of hydrogen-bond donors (Lipinski definition) is 0. The van der Waals surface area contributed by atoms with E-state index >= 15 is 0 Å². The number of sulfonamides is 1. The predicted molar refractivity (Wildman–Crippen MR) is 88.3 cm³/mol. The topological polar surface area (TPSA) is 72.9 Å². The van der Waals surface area contributed by atoms with Gasteiger partial charge in [-0.25, -0.2) is 13.2 Å². The summed E-state index contributed by atoms with van der Waals surface area (Å²) in [6.45, 7) is 6.90. The van der Waals surface area contributed by atoms with Crippen LogP contribution >= 0.6 is 11.6 Å². The minimum Gasteiger partial charge on any atom is -0.460 e. The molecule has 0 heterocycles. The Bertz CT molecular complexity index is 629. The Morgan fingerprint density at radius 2 is 1.83 bits per heavy atom. The van der Waals surface area contributed by atoms with Crippen LogP contribution in [0.2, 0.25) is 5.02 Å². The lowest BCUT2D eigenvalue weighted by atomic mass is 10.2.